The van der Waals surface area contributed by atoms with Crippen molar-refractivity contribution in [2.45, 2.75) is 71.2 Å². The molecular weight excluding hydrogens is 614 g/mol. The number of hydrogen-bond donors (Lipinski definition) is 2. The van der Waals surface area contributed by atoms with Crippen molar-refractivity contribution in [2.75, 3.05) is 39.6 Å². The Balaban J connectivity index is 1.87. The third kappa shape index (κ3) is 10.3. The standard InChI is InChI=1S/C38H47NO9/c1-36(2,46-20-17-39-45)33(42)29-12-7-26(8-13-29)23-28-11-16-31(32(25-28)35(44)38(5,6)48-22-19-41)24-27-9-14-30(15-10-27)34(43)37(3,4)47-21-18-40/h7-16,25,40-41H,17-24H2,1-6H3. The largest absolute Gasteiger partial charge is 0.394 e. The van der Waals surface area contributed by atoms with Gasteiger partial charge in [0, 0.05) is 16.7 Å². The number of nitrogens with zero attached hydrogens (tertiary/aromatic N) is 1. The molecule has 10 nitrogen and oxygen atoms in total. The SMILES string of the molecule is CC(C)(OCCO)C(=O)c1ccc(Cc2ccc(Cc3ccc(C(=O)C(C)(C)OCCN=O)cc3)cc2C(=O)C(C)(C)OCCO)cc1. The number of carbonyl (C=O) groups is 3. The van der Waals surface area contributed by atoms with Crippen LogP contribution in [-0.4, -0.2) is 83.9 Å². The van der Waals surface area contributed by atoms with E-state index in [9.17, 15) is 24.4 Å². The highest BCUT2D eigenvalue weighted by atomic mass is 16.5. The Morgan fingerprint density at radius 3 is 1.46 bits per heavy atom. The van der Waals surface area contributed by atoms with E-state index < -0.39 is 16.8 Å². The van der Waals surface area contributed by atoms with Crippen LogP contribution in [0.15, 0.2) is 71.9 Å². The first-order valence-corrected chi connectivity index (χ1v) is 16.0. The van der Waals surface area contributed by atoms with Gasteiger partial charge >= 0.3 is 0 Å². The predicted molar refractivity (Wildman–Crippen MR) is 183 cm³/mol. The van der Waals surface area contributed by atoms with E-state index in [1.807, 2.05) is 42.5 Å². The van der Waals surface area contributed by atoms with Crippen molar-refractivity contribution in [3.05, 3.63) is 111 Å². The molecule has 0 aromatic heterocycles. The van der Waals surface area contributed by atoms with Crippen LogP contribution in [0.25, 0.3) is 0 Å². The third-order valence-corrected chi connectivity index (χ3v) is 8.05. The number of Topliss-reactive ketones (excluding diaryl/α,β-unsaturated/α-hetero) is 3. The average molecular weight is 662 g/mol. The maximum atomic E-state index is 13.9. The quantitative estimate of drug-likeness (QED) is 0.0903. The molecule has 0 fully saturated rings. The van der Waals surface area contributed by atoms with Crippen molar-refractivity contribution in [1.29, 1.82) is 0 Å². The van der Waals surface area contributed by atoms with Crippen molar-refractivity contribution in [1.82, 2.24) is 0 Å². The molecule has 0 unspecified atom stereocenters. The van der Waals surface area contributed by atoms with Gasteiger partial charge in [-0.15, -0.1) is 0 Å². The highest BCUT2D eigenvalue weighted by Crippen LogP contribution is 2.26. The van der Waals surface area contributed by atoms with Crippen LogP contribution in [0.2, 0.25) is 0 Å². The number of ether oxygens (including phenoxy) is 3. The molecule has 0 atom stereocenters. The van der Waals surface area contributed by atoms with Gasteiger partial charge in [0.15, 0.2) is 17.3 Å². The fourth-order valence-corrected chi connectivity index (χ4v) is 5.26. The maximum absolute atomic E-state index is 13.9. The number of aliphatic hydroxyl groups is 2. The van der Waals surface area contributed by atoms with E-state index in [4.69, 9.17) is 19.3 Å². The predicted octanol–water partition coefficient (Wildman–Crippen LogP) is 5.55. The van der Waals surface area contributed by atoms with Gasteiger partial charge in [0.1, 0.15) is 23.3 Å². The van der Waals surface area contributed by atoms with Crippen LogP contribution < -0.4 is 0 Å². The van der Waals surface area contributed by atoms with Crippen LogP contribution in [0.1, 0.15) is 94.9 Å². The van der Waals surface area contributed by atoms with Crippen molar-refractivity contribution in [3.63, 3.8) is 0 Å². The number of hydrogen-bond acceptors (Lipinski definition) is 10. The summed E-state index contributed by atoms with van der Waals surface area (Å²) < 4.78 is 16.8. The molecule has 0 saturated heterocycles. The molecule has 3 aromatic carbocycles. The van der Waals surface area contributed by atoms with E-state index in [2.05, 4.69) is 5.18 Å². The summed E-state index contributed by atoms with van der Waals surface area (Å²) in [6, 6.07) is 20.1. The van der Waals surface area contributed by atoms with Gasteiger partial charge in [0.05, 0.1) is 33.0 Å². The zero-order valence-electron chi connectivity index (χ0n) is 28.7. The molecule has 0 saturated carbocycles. The first kappa shape index (κ1) is 38.5. The summed E-state index contributed by atoms with van der Waals surface area (Å²) in [5, 5.41) is 21.2. The van der Waals surface area contributed by atoms with Crippen molar-refractivity contribution in [2.24, 2.45) is 5.18 Å². The molecule has 0 bridgehead atoms. The number of carbonyl (C=O) groups excluding carboxylic acids is 3. The molecule has 3 rings (SSSR count). The summed E-state index contributed by atoms with van der Waals surface area (Å²) >= 11 is 0. The van der Waals surface area contributed by atoms with Gasteiger partial charge in [0.2, 0.25) is 0 Å². The van der Waals surface area contributed by atoms with Crippen LogP contribution in [0.5, 0.6) is 0 Å². The zero-order valence-corrected chi connectivity index (χ0v) is 28.7. The summed E-state index contributed by atoms with van der Waals surface area (Å²) in [5.74, 6) is -0.638. The lowest BCUT2D eigenvalue weighted by Gasteiger charge is -2.25. The third-order valence-electron chi connectivity index (χ3n) is 8.05. The van der Waals surface area contributed by atoms with Crippen LogP contribution in [0.3, 0.4) is 0 Å². The Morgan fingerprint density at radius 1 is 0.583 bits per heavy atom. The lowest BCUT2D eigenvalue weighted by Crippen LogP contribution is -2.36. The van der Waals surface area contributed by atoms with Gasteiger partial charge in [-0.05, 0) is 82.7 Å². The Labute approximate surface area is 282 Å². The summed E-state index contributed by atoms with van der Waals surface area (Å²) in [7, 11) is 0. The number of benzene rings is 3. The zero-order chi connectivity index (χ0) is 35.5. The van der Waals surface area contributed by atoms with Crippen LogP contribution in [-0.2, 0) is 27.1 Å². The van der Waals surface area contributed by atoms with E-state index in [0.29, 0.717) is 29.5 Å². The summed E-state index contributed by atoms with van der Waals surface area (Å²) in [5.41, 5.74) is 1.55. The van der Waals surface area contributed by atoms with Crippen LogP contribution >= 0.6 is 0 Å². The molecule has 0 radical (unpaired) electrons. The fourth-order valence-electron chi connectivity index (χ4n) is 5.26. The number of aliphatic hydroxyl groups excluding tert-OH is 2. The molecule has 0 amide bonds. The summed E-state index contributed by atoms with van der Waals surface area (Å²) in [6.45, 7) is 9.72. The molecule has 0 heterocycles. The lowest BCUT2D eigenvalue weighted by molar-refractivity contribution is -0.0175. The Bertz CT molecular complexity index is 1560. The molecule has 0 aliphatic carbocycles. The molecule has 0 aliphatic rings. The van der Waals surface area contributed by atoms with Crippen molar-refractivity contribution < 1.29 is 38.8 Å². The number of rotatable bonds is 20. The molecule has 3 aromatic rings. The van der Waals surface area contributed by atoms with Gasteiger partial charge in [-0.3, -0.25) is 14.4 Å². The monoisotopic (exact) mass is 661 g/mol. The molecular formula is C38H47NO9. The van der Waals surface area contributed by atoms with Gasteiger partial charge in [-0.25, -0.2) is 0 Å². The number of nitroso groups, excluding NO2 is 1. The summed E-state index contributed by atoms with van der Waals surface area (Å²) in [4.78, 5) is 50.3. The van der Waals surface area contributed by atoms with Gasteiger partial charge in [0.25, 0.3) is 0 Å². The minimum Gasteiger partial charge on any atom is -0.394 e. The first-order chi connectivity index (χ1) is 22.6. The van der Waals surface area contributed by atoms with Gasteiger partial charge < -0.3 is 24.4 Å². The van der Waals surface area contributed by atoms with Crippen molar-refractivity contribution in [3.8, 4) is 0 Å². The second-order valence-electron chi connectivity index (χ2n) is 13.1. The second kappa shape index (κ2) is 16.9. The van der Waals surface area contributed by atoms with Crippen LogP contribution in [0.4, 0.5) is 0 Å². The topological polar surface area (TPSA) is 149 Å². The molecule has 0 aliphatic heterocycles. The molecule has 10 heteroatoms. The summed E-state index contributed by atoms with van der Waals surface area (Å²) in [6.07, 6.45) is 0.927. The van der Waals surface area contributed by atoms with E-state index in [1.165, 1.54) is 0 Å². The highest BCUT2D eigenvalue weighted by molar-refractivity contribution is 6.04. The molecule has 2 N–H and O–H groups in total. The Kier molecular flexibility index (Phi) is 13.6. The lowest BCUT2D eigenvalue weighted by atomic mass is 9.87. The normalized spacial score (nSPS) is 12.2. The van der Waals surface area contributed by atoms with Crippen LogP contribution in [0, 0.1) is 4.91 Å². The van der Waals surface area contributed by atoms with Gasteiger partial charge in [-0.2, -0.15) is 4.91 Å². The smallest absolute Gasteiger partial charge is 0.194 e. The average Bonchev–Trinajstić information content (AvgIpc) is 3.07. The minimum atomic E-state index is -1.19. The number of ketones is 3. The molecule has 0 spiro atoms. The highest BCUT2D eigenvalue weighted by Gasteiger charge is 2.32. The second-order valence-corrected chi connectivity index (χ2v) is 13.1. The maximum Gasteiger partial charge on any atom is 0.194 e. The van der Waals surface area contributed by atoms with Gasteiger partial charge in [-0.1, -0.05) is 65.8 Å². The minimum absolute atomic E-state index is 0.0164. The first-order valence-electron chi connectivity index (χ1n) is 16.0. The van der Waals surface area contributed by atoms with E-state index in [-0.39, 0.29) is 56.9 Å². The van der Waals surface area contributed by atoms with Crippen molar-refractivity contribution >= 4 is 17.3 Å². The molecule has 258 valence electrons. The molecule has 48 heavy (non-hydrogen) atoms. The van der Waals surface area contributed by atoms with E-state index in [0.717, 1.165) is 22.3 Å². The fraction of sp³-hybridized carbons (Fsp3) is 0.447. The Morgan fingerprint density at radius 2 is 1.00 bits per heavy atom. The van der Waals surface area contributed by atoms with E-state index >= 15 is 0 Å². The van der Waals surface area contributed by atoms with E-state index in [1.54, 1.807) is 65.8 Å². The Hall–Kier alpha value is -3.93.